The molecular formula is C24H31N3O2. The molecule has 3 unspecified atom stereocenters. The maximum absolute atomic E-state index is 11.7. The second-order valence-corrected chi connectivity index (χ2v) is 8.27. The van der Waals surface area contributed by atoms with Gasteiger partial charge in [0.2, 0.25) is 0 Å². The smallest absolute Gasteiger partial charge is 0.118 e. The van der Waals surface area contributed by atoms with Crippen molar-refractivity contribution in [3.63, 3.8) is 0 Å². The predicted molar refractivity (Wildman–Crippen MR) is 115 cm³/mol. The molecule has 1 fully saturated rings. The summed E-state index contributed by atoms with van der Waals surface area (Å²) >= 11 is 0. The van der Waals surface area contributed by atoms with E-state index in [2.05, 4.69) is 34.9 Å². The molecule has 0 amide bonds. The van der Waals surface area contributed by atoms with Gasteiger partial charge in [-0.1, -0.05) is 24.3 Å². The zero-order valence-corrected chi connectivity index (χ0v) is 17.8. The van der Waals surface area contributed by atoms with Crippen LogP contribution in [0.25, 0.3) is 0 Å². The Balaban J connectivity index is 1.85. The number of methoxy groups -OCH3 is 1. The first kappa shape index (κ1) is 21.3. The van der Waals surface area contributed by atoms with Crippen molar-refractivity contribution in [1.29, 1.82) is 5.26 Å². The minimum atomic E-state index is -0.937. The van der Waals surface area contributed by atoms with E-state index in [1.807, 2.05) is 44.4 Å². The fraction of sp³-hybridized carbons (Fsp3) is 0.458. The van der Waals surface area contributed by atoms with Crippen LogP contribution in [-0.4, -0.2) is 55.7 Å². The molecule has 154 valence electrons. The van der Waals surface area contributed by atoms with E-state index in [4.69, 9.17) is 4.74 Å². The summed E-state index contributed by atoms with van der Waals surface area (Å²) in [5.41, 5.74) is 1.74. The Morgan fingerprint density at radius 3 is 2.62 bits per heavy atom. The van der Waals surface area contributed by atoms with E-state index in [9.17, 15) is 10.4 Å². The molecule has 1 aliphatic rings. The van der Waals surface area contributed by atoms with Crippen LogP contribution in [0.4, 0.5) is 0 Å². The second kappa shape index (κ2) is 8.96. The quantitative estimate of drug-likeness (QED) is 0.815. The number of ether oxygens (including phenoxy) is 1. The van der Waals surface area contributed by atoms with Gasteiger partial charge in [-0.3, -0.25) is 4.90 Å². The minimum Gasteiger partial charge on any atom is -0.497 e. The normalized spacial score (nSPS) is 23.6. The van der Waals surface area contributed by atoms with E-state index in [0.29, 0.717) is 12.0 Å². The summed E-state index contributed by atoms with van der Waals surface area (Å²) in [4.78, 5) is 4.57. The van der Waals surface area contributed by atoms with Crippen LogP contribution < -0.4 is 4.74 Å². The largest absolute Gasteiger partial charge is 0.497 e. The molecular weight excluding hydrogens is 362 g/mol. The van der Waals surface area contributed by atoms with E-state index < -0.39 is 5.60 Å². The number of piperidine rings is 1. The van der Waals surface area contributed by atoms with Crippen molar-refractivity contribution >= 4 is 0 Å². The van der Waals surface area contributed by atoms with Crippen LogP contribution in [0, 0.1) is 17.2 Å². The van der Waals surface area contributed by atoms with Crippen molar-refractivity contribution in [3.05, 3.63) is 65.2 Å². The van der Waals surface area contributed by atoms with Crippen molar-refractivity contribution in [2.24, 2.45) is 5.92 Å². The number of hydrogen-bond acceptors (Lipinski definition) is 5. The van der Waals surface area contributed by atoms with Gasteiger partial charge in [0.25, 0.3) is 0 Å². The van der Waals surface area contributed by atoms with E-state index in [-0.39, 0.29) is 12.0 Å². The molecule has 1 saturated heterocycles. The summed E-state index contributed by atoms with van der Waals surface area (Å²) in [5.74, 6) is 0.901. The van der Waals surface area contributed by atoms with Crippen LogP contribution in [0.15, 0.2) is 48.5 Å². The van der Waals surface area contributed by atoms with E-state index in [1.165, 1.54) is 5.56 Å². The molecule has 0 spiro atoms. The van der Waals surface area contributed by atoms with Crippen molar-refractivity contribution in [3.8, 4) is 11.8 Å². The van der Waals surface area contributed by atoms with Gasteiger partial charge in [0, 0.05) is 31.6 Å². The average molecular weight is 394 g/mol. The van der Waals surface area contributed by atoms with Crippen LogP contribution >= 0.6 is 0 Å². The fourth-order valence-electron chi connectivity index (χ4n) is 4.38. The number of benzene rings is 2. The van der Waals surface area contributed by atoms with Gasteiger partial charge in [0.1, 0.15) is 5.75 Å². The molecule has 3 rings (SSSR count). The molecule has 1 heterocycles. The molecule has 5 heteroatoms. The summed E-state index contributed by atoms with van der Waals surface area (Å²) in [6.07, 6.45) is 0.640. The van der Waals surface area contributed by atoms with Gasteiger partial charge in [-0.25, -0.2) is 0 Å². The number of likely N-dealkylation sites (tertiary alicyclic amines) is 1. The van der Waals surface area contributed by atoms with E-state index in [1.54, 1.807) is 13.2 Å². The number of aliphatic hydroxyl groups is 1. The highest BCUT2D eigenvalue weighted by atomic mass is 16.5. The highest BCUT2D eigenvalue weighted by Crippen LogP contribution is 2.40. The molecule has 0 radical (unpaired) electrons. The Bertz CT molecular complexity index is 859. The lowest BCUT2D eigenvalue weighted by Gasteiger charge is -2.47. The van der Waals surface area contributed by atoms with Crippen LogP contribution in [-0.2, 0) is 5.60 Å². The van der Waals surface area contributed by atoms with Gasteiger partial charge in [0.05, 0.1) is 24.3 Å². The van der Waals surface area contributed by atoms with Gasteiger partial charge in [0.15, 0.2) is 0 Å². The van der Waals surface area contributed by atoms with Gasteiger partial charge >= 0.3 is 0 Å². The second-order valence-electron chi connectivity index (χ2n) is 8.27. The zero-order valence-electron chi connectivity index (χ0n) is 17.8. The van der Waals surface area contributed by atoms with Crippen molar-refractivity contribution in [2.75, 3.05) is 40.8 Å². The summed E-state index contributed by atoms with van der Waals surface area (Å²) in [7, 11) is 5.76. The molecule has 0 aromatic heterocycles. The molecule has 0 aliphatic carbocycles. The summed E-state index contributed by atoms with van der Waals surface area (Å²) in [5, 5.41) is 21.0. The standard InChI is InChI=1S/C24H31N3O2/c1-18(20-8-10-23(29-4)11-9-20)27-13-12-24(28,22(17-27)16-26(2)3)21-7-5-6-19(14-21)15-25/h5-11,14,18,22,28H,12-13,16-17H2,1-4H3. The number of nitriles is 1. The molecule has 5 nitrogen and oxygen atoms in total. The number of hydrogen-bond donors (Lipinski definition) is 1. The molecule has 29 heavy (non-hydrogen) atoms. The van der Waals surface area contributed by atoms with Crippen molar-refractivity contribution in [1.82, 2.24) is 9.80 Å². The van der Waals surface area contributed by atoms with Crippen LogP contribution in [0.1, 0.15) is 36.1 Å². The van der Waals surface area contributed by atoms with E-state index >= 15 is 0 Å². The predicted octanol–water partition coefficient (Wildman–Crippen LogP) is 3.40. The molecule has 2 aromatic carbocycles. The number of nitrogens with zero attached hydrogens (tertiary/aromatic N) is 3. The zero-order chi connectivity index (χ0) is 21.0. The highest BCUT2D eigenvalue weighted by molar-refractivity contribution is 5.36. The summed E-state index contributed by atoms with van der Waals surface area (Å²) in [6.45, 7) is 4.58. The van der Waals surface area contributed by atoms with Crippen LogP contribution in [0.2, 0.25) is 0 Å². The Kier molecular flexibility index (Phi) is 6.59. The first-order chi connectivity index (χ1) is 13.9. The third kappa shape index (κ3) is 4.62. The Morgan fingerprint density at radius 1 is 1.28 bits per heavy atom. The molecule has 0 saturated carbocycles. The third-order valence-electron chi connectivity index (χ3n) is 6.13. The maximum Gasteiger partial charge on any atom is 0.118 e. The summed E-state index contributed by atoms with van der Waals surface area (Å²) < 4.78 is 5.28. The molecule has 1 aliphatic heterocycles. The van der Waals surface area contributed by atoms with Crippen molar-refractivity contribution < 1.29 is 9.84 Å². The molecule has 0 bridgehead atoms. The minimum absolute atomic E-state index is 0.0425. The van der Waals surface area contributed by atoms with Crippen LogP contribution in [0.3, 0.4) is 0 Å². The topological polar surface area (TPSA) is 59.7 Å². The Hall–Kier alpha value is -2.39. The molecule has 3 atom stereocenters. The van der Waals surface area contributed by atoms with Gasteiger partial charge in [-0.2, -0.15) is 5.26 Å². The Morgan fingerprint density at radius 2 is 2.00 bits per heavy atom. The highest BCUT2D eigenvalue weighted by Gasteiger charge is 2.44. The average Bonchev–Trinajstić information content (AvgIpc) is 2.74. The lowest BCUT2D eigenvalue weighted by atomic mass is 9.75. The van der Waals surface area contributed by atoms with Gasteiger partial charge in [-0.15, -0.1) is 0 Å². The van der Waals surface area contributed by atoms with Crippen molar-refractivity contribution in [2.45, 2.75) is 25.0 Å². The molecule has 2 aromatic rings. The maximum atomic E-state index is 11.7. The monoisotopic (exact) mass is 393 g/mol. The lowest BCUT2D eigenvalue weighted by molar-refractivity contribution is -0.0916. The first-order valence-electron chi connectivity index (χ1n) is 10.1. The fourth-order valence-corrected chi connectivity index (χ4v) is 4.38. The van der Waals surface area contributed by atoms with Crippen LogP contribution in [0.5, 0.6) is 5.75 Å². The first-order valence-corrected chi connectivity index (χ1v) is 10.1. The summed E-state index contributed by atoms with van der Waals surface area (Å²) in [6, 6.07) is 18.1. The Labute approximate surface area is 174 Å². The lowest BCUT2D eigenvalue weighted by Crippen LogP contribution is -2.53. The SMILES string of the molecule is COc1ccc(C(C)N2CCC(O)(c3cccc(C#N)c3)C(CN(C)C)C2)cc1. The van der Waals surface area contributed by atoms with Gasteiger partial charge in [-0.05, 0) is 62.8 Å². The van der Waals surface area contributed by atoms with Gasteiger partial charge < -0.3 is 14.7 Å². The molecule has 1 N–H and O–H groups in total. The number of rotatable bonds is 6. The third-order valence-corrected chi connectivity index (χ3v) is 6.13. The van der Waals surface area contributed by atoms with E-state index in [0.717, 1.165) is 30.9 Å².